The summed E-state index contributed by atoms with van der Waals surface area (Å²) in [5, 5.41) is 10.8. The van der Waals surface area contributed by atoms with Crippen LogP contribution < -0.4 is 0 Å². The number of rotatable bonds is 10. The number of piperidine rings is 1. The number of benzene rings is 2. The summed E-state index contributed by atoms with van der Waals surface area (Å²) in [6.45, 7) is 5.33. The lowest BCUT2D eigenvalue weighted by molar-refractivity contribution is -0.160. The lowest BCUT2D eigenvalue weighted by Gasteiger charge is -2.51. The van der Waals surface area contributed by atoms with Crippen molar-refractivity contribution in [3.8, 4) is 0 Å². The zero-order valence-electron chi connectivity index (χ0n) is 20.8. The molecule has 1 N–H and O–H groups in total. The minimum absolute atomic E-state index is 0.0290. The van der Waals surface area contributed by atoms with Gasteiger partial charge in [0, 0.05) is 27.8 Å². The summed E-state index contributed by atoms with van der Waals surface area (Å²) >= 11 is 12.5. The molecule has 3 rings (SSSR count). The van der Waals surface area contributed by atoms with Gasteiger partial charge in [-0.15, -0.1) is 0 Å². The molecule has 1 saturated heterocycles. The number of halogens is 2. The van der Waals surface area contributed by atoms with Crippen molar-refractivity contribution in [2.75, 3.05) is 11.5 Å². The number of sulfone groups is 1. The number of carbonyl (C=O) groups excluding carboxylic acids is 1. The van der Waals surface area contributed by atoms with Crippen LogP contribution in [0.15, 0.2) is 48.5 Å². The van der Waals surface area contributed by atoms with Crippen LogP contribution in [0.25, 0.3) is 0 Å². The van der Waals surface area contributed by atoms with Gasteiger partial charge in [-0.25, -0.2) is 8.42 Å². The van der Waals surface area contributed by atoms with Crippen LogP contribution in [0.3, 0.4) is 0 Å². The highest BCUT2D eigenvalue weighted by atomic mass is 35.5. The molecule has 0 saturated carbocycles. The van der Waals surface area contributed by atoms with E-state index in [0.29, 0.717) is 22.9 Å². The first-order valence-electron chi connectivity index (χ1n) is 12.2. The molecule has 2 aromatic carbocycles. The molecule has 0 aliphatic carbocycles. The van der Waals surface area contributed by atoms with Gasteiger partial charge in [-0.1, -0.05) is 68.2 Å². The Hall–Kier alpha value is -2.09. The van der Waals surface area contributed by atoms with E-state index in [4.69, 9.17) is 23.2 Å². The van der Waals surface area contributed by atoms with E-state index in [1.165, 1.54) is 0 Å². The van der Waals surface area contributed by atoms with Crippen LogP contribution >= 0.6 is 23.2 Å². The Morgan fingerprint density at radius 3 is 2.33 bits per heavy atom. The minimum Gasteiger partial charge on any atom is -0.481 e. The van der Waals surface area contributed by atoms with Gasteiger partial charge in [0.25, 0.3) is 0 Å². The van der Waals surface area contributed by atoms with Gasteiger partial charge < -0.3 is 10.0 Å². The van der Waals surface area contributed by atoms with Crippen molar-refractivity contribution in [2.24, 2.45) is 5.41 Å². The third-order valence-corrected chi connectivity index (χ3v) is 9.37. The molecule has 0 aromatic heterocycles. The van der Waals surface area contributed by atoms with Gasteiger partial charge in [0.05, 0.1) is 23.6 Å². The molecule has 0 spiro atoms. The van der Waals surface area contributed by atoms with Crippen LogP contribution in [0.5, 0.6) is 0 Å². The summed E-state index contributed by atoms with van der Waals surface area (Å²) in [6.07, 6.45) is 0.810. The van der Waals surface area contributed by atoms with Crippen molar-refractivity contribution in [1.82, 2.24) is 4.90 Å². The number of carboxylic acids is 1. The highest BCUT2D eigenvalue weighted by Crippen LogP contribution is 2.52. The fourth-order valence-electron chi connectivity index (χ4n) is 5.36. The first kappa shape index (κ1) is 28.5. The number of amides is 1. The summed E-state index contributed by atoms with van der Waals surface area (Å²) in [4.78, 5) is 27.6. The molecular weight excluding hydrogens is 521 g/mol. The van der Waals surface area contributed by atoms with Gasteiger partial charge in [0.2, 0.25) is 5.91 Å². The second kappa shape index (κ2) is 11.5. The Kier molecular flexibility index (Phi) is 9.12. The average Bonchev–Trinajstić information content (AvgIpc) is 2.79. The van der Waals surface area contributed by atoms with Crippen LogP contribution in [-0.4, -0.2) is 47.8 Å². The molecule has 6 nitrogen and oxygen atoms in total. The topological polar surface area (TPSA) is 91.8 Å². The molecule has 0 radical (unpaired) electrons. The summed E-state index contributed by atoms with van der Waals surface area (Å²) in [5.41, 5.74) is 0.452. The van der Waals surface area contributed by atoms with Gasteiger partial charge in [0.15, 0.2) is 9.84 Å². The zero-order chi connectivity index (χ0) is 26.7. The number of carboxylic acid groups (broad SMARTS) is 1. The van der Waals surface area contributed by atoms with E-state index in [2.05, 4.69) is 0 Å². The predicted octanol–water partition coefficient (Wildman–Crippen LogP) is 6.14. The normalized spacial score (nSPS) is 23.5. The number of hydrogen-bond acceptors (Lipinski definition) is 4. The second-order valence-electron chi connectivity index (χ2n) is 9.88. The van der Waals surface area contributed by atoms with Crippen LogP contribution in [0.1, 0.15) is 69.5 Å². The van der Waals surface area contributed by atoms with Crippen LogP contribution in [0, 0.1) is 5.41 Å². The van der Waals surface area contributed by atoms with Crippen molar-refractivity contribution in [3.05, 3.63) is 69.7 Å². The fraction of sp³-hybridized carbons (Fsp3) is 0.481. The highest BCUT2D eigenvalue weighted by molar-refractivity contribution is 7.91. The minimum atomic E-state index is -3.43. The van der Waals surface area contributed by atoms with E-state index in [9.17, 15) is 23.1 Å². The van der Waals surface area contributed by atoms with E-state index in [1.54, 1.807) is 36.9 Å². The number of hydrogen-bond donors (Lipinski definition) is 1. The molecule has 1 aliphatic rings. The van der Waals surface area contributed by atoms with Gasteiger partial charge in [-0.2, -0.15) is 0 Å². The first-order valence-corrected chi connectivity index (χ1v) is 14.7. The van der Waals surface area contributed by atoms with Crippen molar-refractivity contribution in [1.29, 1.82) is 0 Å². The molecule has 36 heavy (non-hydrogen) atoms. The molecular formula is C27H33Cl2NO5S. The molecule has 1 fully saturated rings. The quantitative estimate of drug-likeness (QED) is 0.381. The first-order chi connectivity index (χ1) is 16.9. The van der Waals surface area contributed by atoms with E-state index >= 15 is 0 Å². The molecule has 1 amide bonds. The van der Waals surface area contributed by atoms with Gasteiger partial charge in [-0.05, 0) is 54.7 Å². The number of nitrogens with zero attached hydrogens (tertiary/aromatic N) is 1. The summed E-state index contributed by atoms with van der Waals surface area (Å²) in [6, 6.07) is 13.4. The molecule has 0 bridgehead atoms. The summed E-state index contributed by atoms with van der Waals surface area (Å²) in [7, 11) is -3.43. The smallest absolute Gasteiger partial charge is 0.304 e. The SMILES string of the molecule is CCCS(=O)(=O)CC(CC)N1C(=O)C(C)(CC(=O)O)CC(c2cccc(Cl)c2)C1c1ccc(Cl)cc1. The molecule has 2 aromatic rings. The molecule has 196 valence electrons. The van der Waals surface area contributed by atoms with Crippen LogP contribution in [0.4, 0.5) is 0 Å². The second-order valence-corrected chi connectivity index (χ2v) is 13.0. The monoisotopic (exact) mass is 553 g/mol. The standard InChI is InChI=1S/C27H33Cl2NO5S/c1-4-13-36(34,35)17-22(5-2)30-25(18-9-11-20(28)12-10-18)23(19-7-6-8-21(29)14-19)15-27(3,26(30)33)16-24(31)32/h6-12,14,22-23,25H,4-5,13,15-17H2,1-3H3,(H,31,32). The molecule has 4 unspecified atom stereocenters. The third-order valence-electron chi connectivity index (χ3n) is 6.96. The lowest BCUT2D eigenvalue weighted by Crippen LogP contribution is -2.57. The summed E-state index contributed by atoms with van der Waals surface area (Å²) < 4.78 is 25.8. The highest BCUT2D eigenvalue weighted by Gasteiger charge is 2.52. The van der Waals surface area contributed by atoms with E-state index in [-0.39, 0.29) is 36.2 Å². The Morgan fingerprint density at radius 1 is 1.11 bits per heavy atom. The maximum Gasteiger partial charge on any atom is 0.304 e. The third kappa shape index (κ3) is 6.42. The predicted molar refractivity (Wildman–Crippen MR) is 143 cm³/mol. The molecule has 1 aliphatic heterocycles. The van der Waals surface area contributed by atoms with Gasteiger partial charge in [-0.3, -0.25) is 9.59 Å². The van der Waals surface area contributed by atoms with Crippen molar-refractivity contribution in [3.63, 3.8) is 0 Å². The van der Waals surface area contributed by atoms with Crippen molar-refractivity contribution >= 4 is 44.9 Å². The van der Waals surface area contributed by atoms with Crippen LogP contribution in [0.2, 0.25) is 10.0 Å². The van der Waals surface area contributed by atoms with Gasteiger partial charge in [0.1, 0.15) is 0 Å². The maximum atomic E-state index is 14.1. The number of likely N-dealkylation sites (tertiary alicyclic amines) is 1. The molecule has 1 heterocycles. The Labute approximate surface area is 223 Å². The van der Waals surface area contributed by atoms with Crippen LogP contribution in [-0.2, 0) is 19.4 Å². The van der Waals surface area contributed by atoms with E-state index in [0.717, 1.165) is 11.1 Å². The average molecular weight is 555 g/mol. The number of carbonyl (C=O) groups is 2. The maximum absolute atomic E-state index is 14.1. The van der Waals surface area contributed by atoms with Gasteiger partial charge >= 0.3 is 5.97 Å². The van der Waals surface area contributed by atoms with E-state index in [1.807, 2.05) is 37.3 Å². The Bertz CT molecular complexity index is 1200. The van der Waals surface area contributed by atoms with Crippen molar-refractivity contribution in [2.45, 2.75) is 64.5 Å². The Morgan fingerprint density at radius 2 is 1.78 bits per heavy atom. The summed E-state index contributed by atoms with van der Waals surface area (Å²) in [5.74, 6) is -1.89. The number of aliphatic carboxylic acids is 1. The largest absolute Gasteiger partial charge is 0.481 e. The lowest BCUT2D eigenvalue weighted by atomic mass is 9.67. The molecule has 9 heteroatoms. The Balaban J connectivity index is 2.24. The fourth-order valence-corrected chi connectivity index (χ4v) is 7.46. The molecule has 4 atom stereocenters. The van der Waals surface area contributed by atoms with E-state index < -0.39 is 33.3 Å². The zero-order valence-corrected chi connectivity index (χ0v) is 23.1. The van der Waals surface area contributed by atoms with Crippen molar-refractivity contribution < 1.29 is 23.1 Å².